The van der Waals surface area contributed by atoms with Crippen molar-refractivity contribution >= 4 is 137 Å². The maximum absolute atomic E-state index is 9.20. The van der Waals surface area contributed by atoms with E-state index < -0.39 is 0 Å². The molecule has 19 heteroatoms. The first-order valence-electron chi connectivity index (χ1n) is 41.0. The SMILES string of the molecule is Cc1c[nH]c2ncccc12.Cc1cc2cccnc2[nH]1.Cc1ccc2cc(O)ccc2c1.Cc1ccc2ccccc2c1.Cc1ccc2cccnc2c1.Cc1ccc2ncccc2c1.Cc1ccc2nccnc2c1.Cc1cccc2cnccc12.Cc1cnc(N)nc1.Cc1cnc2cccnc2c1.Cc1coc2ncccc12.Cc1csc2ncccc12. The summed E-state index contributed by atoms with van der Waals surface area (Å²) in [6.45, 7) is 24.7. The van der Waals surface area contributed by atoms with Crippen LogP contribution in [0.4, 0.5) is 5.95 Å². The fraction of sp³-hybridized carbons (Fsp3) is 0.112. The highest BCUT2D eigenvalue weighted by Crippen LogP contribution is 2.25. The highest BCUT2D eigenvalue weighted by atomic mass is 32.1. The Balaban J connectivity index is 0.000000125. The molecule has 5 N–H and O–H groups in total. The number of hydrogen-bond donors (Lipinski definition) is 4. The lowest BCUT2D eigenvalue weighted by molar-refractivity contribution is 0.476. The summed E-state index contributed by atoms with van der Waals surface area (Å²) in [5, 5.41) is 25.9. The summed E-state index contributed by atoms with van der Waals surface area (Å²) in [5.74, 6) is 0.655. The van der Waals surface area contributed by atoms with Gasteiger partial charge in [-0.3, -0.25) is 34.9 Å². The molecule has 0 aliphatic carbocycles. The number of furan rings is 1. The number of benzene rings is 8. The van der Waals surface area contributed by atoms with E-state index in [9.17, 15) is 5.11 Å². The number of rotatable bonds is 0. The number of hydrogen-bond acceptors (Lipinski definition) is 17. The highest BCUT2D eigenvalue weighted by molar-refractivity contribution is 7.16. The summed E-state index contributed by atoms with van der Waals surface area (Å²) in [6, 6.07) is 85.4. The van der Waals surface area contributed by atoms with E-state index in [-0.39, 0.29) is 0 Å². The number of aromatic hydroxyl groups is 1. The summed E-state index contributed by atoms with van der Waals surface area (Å²) in [7, 11) is 0. The summed E-state index contributed by atoms with van der Waals surface area (Å²) in [4.78, 5) is 60.7. The number of aromatic amines is 2. The molecule has 0 radical (unpaired) electrons. The standard InChI is InChI=1S/C11H10O.C11H10.3C10H9N.2C9H8N2.2C8H8N2.C8H7NO.C8H7NS.C5H7N3/c1-8-2-3-10-7-11(12)5-4-9(10)6-8;1-9-6-7-10-4-2-3-5-11(10)8-9;1-8-4-5-10-9(7-8)3-2-6-11-10;1-8-4-5-9-3-2-6-11-10(9)7-8;1-8-3-2-4-9-7-11-6-5-10(8)9;1-7-2-3-8-9(6-7)11-5-4-10-8;1-7-5-9-8(11-6-7)3-2-4-10-9;1-6-5-10-8-7(6)3-2-4-9-8;1-6-5-7-3-2-4-9-8(7)10-6;2*1-6-5-10-8-7(6)3-2-4-9-8;1-4-2-7-5(6)8-3-4/h2-7,12H,1H3;2-8H,1H3;3*2-7H,1H3;2*2-6H,1H3;2*2-5H,1H3,(H,9,10);2*2-5H,1H3;2-3H,1H3,(H2,6,7,8). The molecule has 0 saturated heterocycles. The molecule has 0 unspecified atom stereocenters. The van der Waals surface area contributed by atoms with Crippen LogP contribution in [-0.2, 0) is 0 Å². The van der Waals surface area contributed by atoms with Gasteiger partial charge < -0.3 is 25.2 Å². The molecule has 15 heterocycles. The van der Waals surface area contributed by atoms with E-state index in [1.165, 1.54) is 98.4 Å². The van der Waals surface area contributed by atoms with Gasteiger partial charge >= 0.3 is 0 Å². The van der Waals surface area contributed by atoms with E-state index >= 15 is 0 Å². The number of anilines is 1. The topological polar surface area (TPSA) is 259 Å². The Morgan fingerprint density at radius 3 is 1.48 bits per heavy atom. The van der Waals surface area contributed by atoms with Crippen LogP contribution in [0, 0.1) is 83.1 Å². The minimum absolute atomic E-state index is 0.325. The monoisotopic (exact) mass is 1670 g/mol. The van der Waals surface area contributed by atoms with Gasteiger partial charge in [-0.15, -0.1) is 11.3 Å². The van der Waals surface area contributed by atoms with E-state index in [4.69, 9.17) is 10.2 Å². The van der Waals surface area contributed by atoms with E-state index in [1.54, 1.807) is 79.3 Å². The molecule has 0 aliphatic heterocycles. The molecule has 0 amide bonds. The van der Waals surface area contributed by atoms with Gasteiger partial charge in [0.05, 0.1) is 39.4 Å². The van der Waals surface area contributed by atoms with Crippen molar-refractivity contribution in [3.63, 3.8) is 0 Å². The van der Waals surface area contributed by atoms with E-state index in [2.05, 4.69) is 256 Å². The minimum atomic E-state index is 0.325. The third-order valence-corrected chi connectivity index (χ3v) is 20.6. The molecular weight excluding hydrogens is 1570 g/mol. The number of aromatic nitrogens is 15. The number of aryl methyl sites for hydroxylation is 12. The summed E-state index contributed by atoms with van der Waals surface area (Å²) in [5.41, 5.74) is 28.6. The van der Waals surface area contributed by atoms with Crippen molar-refractivity contribution < 1.29 is 9.52 Å². The second-order valence-electron chi connectivity index (χ2n) is 30.0. The smallest absolute Gasteiger partial charge is 0.226 e. The van der Waals surface area contributed by atoms with Crippen LogP contribution < -0.4 is 5.73 Å². The van der Waals surface area contributed by atoms with Crippen molar-refractivity contribution in [2.75, 3.05) is 5.73 Å². The molecule has 18 nitrogen and oxygen atoms in total. The van der Waals surface area contributed by atoms with Gasteiger partial charge in [0, 0.05) is 136 Å². The van der Waals surface area contributed by atoms with Crippen LogP contribution in [0.15, 0.2) is 364 Å². The molecule has 23 rings (SSSR count). The zero-order chi connectivity index (χ0) is 88.5. The number of H-pyrrole nitrogens is 2. The molecule has 0 fully saturated rings. The van der Waals surface area contributed by atoms with Gasteiger partial charge in [-0.25, -0.2) is 29.9 Å². The number of nitrogen functional groups attached to an aromatic ring is 1. The first-order chi connectivity index (χ1) is 61.2. The Bertz CT molecular complexity index is 6670. The van der Waals surface area contributed by atoms with Gasteiger partial charge in [-0.2, -0.15) is 0 Å². The lowest BCUT2D eigenvalue weighted by Gasteiger charge is -1.99. The van der Waals surface area contributed by atoms with Gasteiger partial charge in [0.15, 0.2) is 0 Å². The number of phenols is 1. The van der Waals surface area contributed by atoms with E-state index in [0.29, 0.717) is 11.7 Å². The lowest BCUT2D eigenvalue weighted by Crippen LogP contribution is -1.92. The number of nitrogens with zero attached hydrogens (tertiary/aromatic N) is 13. The van der Waals surface area contributed by atoms with Crippen molar-refractivity contribution in [2.45, 2.75) is 83.1 Å². The van der Waals surface area contributed by atoms with Crippen molar-refractivity contribution in [3.8, 4) is 5.75 Å². The number of nitrogens with two attached hydrogens (primary N) is 1. The third-order valence-electron chi connectivity index (χ3n) is 19.6. The third kappa shape index (κ3) is 26.6. The van der Waals surface area contributed by atoms with Crippen molar-refractivity contribution in [1.29, 1.82) is 0 Å². The molecular formula is C107H100N16O2S. The molecule has 626 valence electrons. The quantitative estimate of drug-likeness (QED) is 0.110. The average Bonchev–Trinajstić information content (AvgIpc) is 1.58. The van der Waals surface area contributed by atoms with Crippen molar-refractivity contribution in [1.82, 2.24) is 74.8 Å². The molecule has 0 aliphatic rings. The van der Waals surface area contributed by atoms with Crippen LogP contribution in [0.25, 0.3) is 120 Å². The van der Waals surface area contributed by atoms with Crippen LogP contribution in [0.3, 0.4) is 0 Å². The zero-order valence-electron chi connectivity index (χ0n) is 72.7. The van der Waals surface area contributed by atoms with Crippen LogP contribution >= 0.6 is 11.3 Å². The van der Waals surface area contributed by atoms with Crippen LogP contribution in [0.1, 0.15) is 66.9 Å². The normalized spacial score (nSPS) is 10.3. The second kappa shape index (κ2) is 45.2. The first kappa shape index (κ1) is 89.5. The molecule has 15 aromatic heterocycles. The number of thiophene rings is 1. The largest absolute Gasteiger partial charge is 0.508 e. The fourth-order valence-corrected chi connectivity index (χ4v) is 13.9. The molecule has 23 aromatic rings. The summed E-state index contributed by atoms with van der Waals surface area (Å²) in [6.07, 6.45) is 28.6. The molecule has 0 spiro atoms. The van der Waals surface area contributed by atoms with Gasteiger partial charge in [-0.05, 0) is 287 Å². The number of nitrogens with one attached hydrogen (secondary N) is 2. The Morgan fingerprint density at radius 1 is 0.294 bits per heavy atom. The fourth-order valence-electron chi connectivity index (χ4n) is 13.0. The van der Waals surface area contributed by atoms with Crippen LogP contribution in [0.2, 0.25) is 0 Å². The van der Waals surface area contributed by atoms with Crippen LogP contribution in [-0.4, -0.2) is 79.9 Å². The van der Waals surface area contributed by atoms with Crippen molar-refractivity contribution in [2.24, 2.45) is 0 Å². The van der Waals surface area contributed by atoms with Gasteiger partial charge in [0.2, 0.25) is 11.7 Å². The Hall–Kier alpha value is -15.7. The number of fused-ring (bicyclic) bond motifs is 11. The second-order valence-corrected chi connectivity index (χ2v) is 30.9. The Kier molecular flexibility index (Phi) is 32.1. The number of phenolic OH excluding ortho intramolecular Hbond substituents is 1. The Morgan fingerprint density at radius 2 is 0.794 bits per heavy atom. The van der Waals surface area contributed by atoms with Gasteiger partial charge in [0.25, 0.3) is 0 Å². The summed E-state index contributed by atoms with van der Waals surface area (Å²) < 4.78 is 5.14. The predicted octanol–water partition coefficient (Wildman–Crippen LogP) is 26.4. The lowest BCUT2D eigenvalue weighted by atomic mass is 10.1. The highest BCUT2D eigenvalue weighted by Gasteiger charge is 2.04. The summed E-state index contributed by atoms with van der Waals surface area (Å²) >= 11 is 1.70. The molecule has 0 atom stereocenters. The molecule has 8 aromatic carbocycles. The maximum atomic E-state index is 9.20. The molecule has 0 bridgehead atoms. The van der Waals surface area contributed by atoms with Crippen molar-refractivity contribution in [3.05, 3.63) is 426 Å². The average molecular weight is 1670 g/mol. The van der Waals surface area contributed by atoms with Gasteiger partial charge in [-0.1, -0.05) is 144 Å². The molecule has 0 saturated carbocycles. The van der Waals surface area contributed by atoms with Crippen LogP contribution in [0.5, 0.6) is 5.75 Å². The maximum Gasteiger partial charge on any atom is 0.226 e. The van der Waals surface area contributed by atoms with Gasteiger partial charge in [0.1, 0.15) is 21.9 Å². The minimum Gasteiger partial charge on any atom is -0.508 e. The first-order valence-corrected chi connectivity index (χ1v) is 41.9. The van der Waals surface area contributed by atoms with E-state index in [0.717, 1.165) is 88.1 Å². The number of pyridine rings is 9. The van der Waals surface area contributed by atoms with E-state index in [1.807, 2.05) is 193 Å². The molecule has 126 heavy (non-hydrogen) atoms. The predicted molar refractivity (Wildman–Crippen MR) is 523 cm³/mol. The Labute approximate surface area is 737 Å². The zero-order valence-corrected chi connectivity index (χ0v) is 73.5.